The van der Waals surface area contributed by atoms with E-state index in [2.05, 4.69) is 14.2 Å². The molecule has 0 aromatic carbocycles. The summed E-state index contributed by atoms with van der Waals surface area (Å²) in [5, 5.41) is 4.41. The highest BCUT2D eigenvalue weighted by Gasteiger charge is 2.50. The van der Waals surface area contributed by atoms with Gasteiger partial charge >= 0.3 is 21.6 Å². The Balaban J connectivity index is 2.37. The quantitative estimate of drug-likeness (QED) is 0.513. The average molecular weight is 343 g/mol. The van der Waals surface area contributed by atoms with Crippen LogP contribution in [0.25, 0.3) is 6.08 Å². The molecule has 2 rings (SSSR count). The van der Waals surface area contributed by atoms with Gasteiger partial charge < -0.3 is 10.1 Å². The van der Waals surface area contributed by atoms with Gasteiger partial charge in [0.05, 0.1) is 17.7 Å². The number of halogens is 3. The largest absolute Gasteiger partial charge is 0.523 e. The smallest absolute Gasteiger partial charge is 0.466 e. The van der Waals surface area contributed by atoms with Crippen molar-refractivity contribution in [2.45, 2.75) is 11.7 Å². The Labute approximate surface area is 121 Å². The maximum absolute atomic E-state index is 12.4. The van der Waals surface area contributed by atoms with E-state index in [0.29, 0.717) is 10.6 Å². The molecular formula is C10H8F3NO5S2. The van der Waals surface area contributed by atoms with Crippen LogP contribution in [0.15, 0.2) is 17.0 Å². The standard InChI is InChI=1S/C10H8F3NO5S2/c1-18-9(15)6-4-5-2-3-20-8(5)14-7(6)19-21(16,17)10(11,12)13/h2-4,7,14H,1H3. The number of thiophene rings is 1. The van der Waals surface area contributed by atoms with Gasteiger partial charge in [-0.25, -0.2) is 8.98 Å². The molecule has 1 aliphatic rings. The molecule has 6 nitrogen and oxygen atoms in total. The minimum absolute atomic E-state index is 0.378. The summed E-state index contributed by atoms with van der Waals surface area (Å²) in [6.45, 7) is 0. The monoisotopic (exact) mass is 343 g/mol. The van der Waals surface area contributed by atoms with Crippen LogP contribution in [0, 0.1) is 0 Å². The van der Waals surface area contributed by atoms with Crippen molar-refractivity contribution in [1.82, 2.24) is 0 Å². The molecule has 1 N–H and O–H groups in total. The zero-order valence-electron chi connectivity index (χ0n) is 10.3. The summed E-state index contributed by atoms with van der Waals surface area (Å²) in [5.41, 5.74) is -5.45. The Kier molecular flexibility index (Phi) is 4.00. The Morgan fingerprint density at radius 2 is 2.10 bits per heavy atom. The molecule has 1 aromatic heterocycles. The first kappa shape index (κ1) is 15.8. The SMILES string of the molecule is COC(=O)C1=Cc2ccsc2NC1OS(=O)(=O)C(F)(F)F. The molecule has 0 spiro atoms. The second kappa shape index (κ2) is 5.31. The number of carbonyl (C=O) groups excluding carboxylic acids is 1. The number of anilines is 1. The molecule has 0 aliphatic carbocycles. The molecule has 1 aliphatic heterocycles. The van der Waals surface area contributed by atoms with Gasteiger partial charge in [0.2, 0.25) is 0 Å². The molecule has 0 radical (unpaired) electrons. The Morgan fingerprint density at radius 1 is 1.43 bits per heavy atom. The summed E-state index contributed by atoms with van der Waals surface area (Å²) in [7, 11) is -4.85. The van der Waals surface area contributed by atoms with Gasteiger partial charge in [-0.1, -0.05) is 0 Å². The summed E-state index contributed by atoms with van der Waals surface area (Å²) < 4.78 is 67.7. The molecule has 0 saturated heterocycles. The number of esters is 1. The van der Waals surface area contributed by atoms with E-state index in [4.69, 9.17) is 0 Å². The van der Waals surface area contributed by atoms with Gasteiger partial charge in [-0.2, -0.15) is 21.6 Å². The van der Waals surface area contributed by atoms with Gasteiger partial charge in [0, 0.05) is 5.56 Å². The maximum Gasteiger partial charge on any atom is 0.523 e. The first-order valence-corrected chi connectivity index (χ1v) is 7.58. The molecular weight excluding hydrogens is 335 g/mol. The third kappa shape index (κ3) is 3.04. The molecule has 2 heterocycles. The van der Waals surface area contributed by atoms with Crippen LogP contribution in [0.5, 0.6) is 0 Å². The minimum atomic E-state index is -5.86. The van der Waals surface area contributed by atoms with Gasteiger partial charge in [0.15, 0.2) is 6.23 Å². The highest BCUT2D eigenvalue weighted by Crippen LogP contribution is 2.35. The van der Waals surface area contributed by atoms with Crippen LogP contribution in [-0.4, -0.2) is 33.2 Å². The molecule has 0 bridgehead atoms. The number of ether oxygens (including phenoxy) is 1. The lowest BCUT2D eigenvalue weighted by molar-refractivity contribution is -0.137. The van der Waals surface area contributed by atoms with Crippen molar-refractivity contribution in [3.8, 4) is 0 Å². The van der Waals surface area contributed by atoms with E-state index in [9.17, 15) is 26.4 Å². The third-order valence-corrected chi connectivity index (χ3v) is 4.35. The lowest BCUT2D eigenvalue weighted by atomic mass is 10.1. The van der Waals surface area contributed by atoms with Crippen molar-refractivity contribution in [3.05, 3.63) is 22.6 Å². The fraction of sp³-hybridized carbons (Fsp3) is 0.300. The lowest BCUT2D eigenvalue weighted by Crippen LogP contribution is -2.38. The van der Waals surface area contributed by atoms with Crippen molar-refractivity contribution in [1.29, 1.82) is 0 Å². The van der Waals surface area contributed by atoms with Gasteiger partial charge in [-0.05, 0) is 17.5 Å². The first-order chi connectivity index (χ1) is 9.65. The summed E-state index contributed by atoms with van der Waals surface area (Å²) in [5.74, 6) is -0.998. The van der Waals surface area contributed by atoms with Crippen LogP contribution in [-0.2, 0) is 23.8 Å². The number of hydrogen-bond donors (Lipinski definition) is 1. The zero-order valence-corrected chi connectivity index (χ0v) is 11.9. The molecule has 11 heteroatoms. The van der Waals surface area contributed by atoms with Gasteiger partial charge in [-0.15, -0.1) is 11.3 Å². The number of alkyl halides is 3. The van der Waals surface area contributed by atoms with E-state index in [1.54, 1.807) is 11.4 Å². The van der Waals surface area contributed by atoms with Gasteiger partial charge in [0.25, 0.3) is 0 Å². The number of methoxy groups -OCH3 is 1. The first-order valence-electron chi connectivity index (χ1n) is 5.29. The van der Waals surface area contributed by atoms with E-state index in [-0.39, 0.29) is 5.57 Å². The number of carbonyl (C=O) groups is 1. The van der Waals surface area contributed by atoms with Crippen molar-refractivity contribution < 1.29 is 35.3 Å². The fourth-order valence-electron chi connectivity index (χ4n) is 1.53. The summed E-state index contributed by atoms with van der Waals surface area (Å²) in [6.07, 6.45) is -0.597. The van der Waals surface area contributed by atoms with Crippen LogP contribution in [0.2, 0.25) is 0 Å². The zero-order chi connectivity index (χ0) is 15.8. The minimum Gasteiger partial charge on any atom is -0.466 e. The summed E-state index contributed by atoms with van der Waals surface area (Å²) in [4.78, 5) is 11.6. The third-order valence-electron chi connectivity index (χ3n) is 2.48. The lowest BCUT2D eigenvalue weighted by Gasteiger charge is -2.24. The number of hydrogen-bond acceptors (Lipinski definition) is 7. The van der Waals surface area contributed by atoms with Crippen molar-refractivity contribution >= 4 is 38.5 Å². The second-order valence-electron chi connectivity index (χ2n) is 3.82. The van der Waals surface area contributed by atoms with E-state index < -0.39 is 27.8 Å². The normalized spacial score (nSPS) is 18.5. The molecule has 1 atom stereocenters. The Hall–Kier alpha value is -1.59. The van der Waals surface area contributed by atoms with Crippen LogP contribution < -0.4 is 5.32 Å². The van der Waals surface area contributed by atoms with Crippen LogP contribution in [0.1, 0.15) is 5.56 Å². The molecule has 116 valence electrons. The van der Waals surface area contributed by atoms with Crippen molar-refractivity contribution in [2.24, 2.45) is 0 Å². The van der Waals surface area contributed by atoms with E-state index in [1.165, 1.54) is 6.08 Å². The van der Waals surface area contributed by atoms with Gasteiger partial charge in [0.1, 0.15) is 0 Å². The van der Waals surface area contributed by atoms with Gasteiger partial charge in [-0.3, -0.25) is 0 Å². The number of nitrogens with one attached hydrogen (secondary N) is 1. The summed E-state index contributed by atoms with van der Waals surface area (Å²) in [6, 6.07) is 1.60. The predicted octanol–water partition coefficient (Wildman–Crippen LogP) is 1.92. The topological polar surface area (TPSA) is 81.7 Å². The molecule has 21 heavy (non-hydrogen) atoms. The average Bonchev–Trinajstić information content (AvgIpc) is 2.82. The molecule has 1 unspecified atom stereocenters. The Bertz CT molecular complexity index is 692. The predicted molar refractivity (Wildman–Crippen MR) is 67.8 cm³/mol. The van der Waals surface area contributed by atoms with E-state index in [1.807, 2.05) is 0 Å². The van der Waals surface area contributed by atoms with Crippen molar-refractivity contribution in [2.75, 3.05) is 12.4 Å². The summed E-state index contributed by atoms with van der Waals surface area (Å²) >= 11 is 1.12. The van der Waals surface area contributed by atoms with Crippen LogP contribution in [0.3, 0.4) is 0 Å². The fourth-order valence-corrected chi connectivity index (χ4v) is 2.83. The van der Waals surface area contributed by atoms with Crippen LogP contribution in [0.4, 0.5) is 18.2 Å². The molecule has 0 amide bonds. The molecule has 0 saturated carbocycles. The molecule has 1 aromatic rings. The number of rotatable bonds is 3. The maximum atomic E-state index is 12.4. The number of fused-ring (bicyclic) bond motifs is 1. The highest BCUT2D eigenvalue weighted by molar-refractivity contribution is 7.87. The second-order valence-corrected chi connectivity index (χ2v) is 6.30. The highest BCUT2D eigenvalue weighted by atomic mass is 32.2. The molecule has 0 fully saturated rings. The van der Waals surface area contributed by atoms with Crippen molar-refractivity contribution in [3.63, 3.8) is 0 Å². The van der Waals surface area contributed by atoms with E-state index in [0.717, 1.165) is 18.4 Å². The van der Waals surface area contributed by atoms with Crippen LogP contribution >= 0.6 is 11.3 Å². The Morgan fingerprint density at radius 3 is 2.67 bits per heavy atom. The van der Waals surface area contributed by atoms with E-state index >= 15 is 0 Å².